The Morgan fingerprint density at radius 1 is 1.47 bits per heavy atom. The number of amides is 1. The van der Waals surface area contributed by atoms with Gasteiger partial charge in [-0.1, -0.05) is 0 Å². The fourth-order valence-corrected chi connectivity index (χ4v) is 1.39. The molecule has 0 aromatic heterocycles. The number of halogens is 1. The Morgan fingerprint density at radius 3 is 2.65 bits per heavy atom. The molecule has 1 aromatic carbocycles. The van der Waals surface area contributed by atoms with Gasteiger partial charge in [-0.15, -0.1) is 0 Å². The zero-order valence-corrected chi connectivity index (χ0v) is 10.2. The Labute approximate surface area is 100.0 Å². The number of nitrogens with two attached hydrogens (primary N) is 1. The molecule has 94 valence electrons. The number of hydrogen-bond acceptors (Lipinski definition) is 3. The van der Waals surface area contributed by atoms with Gasteiger partial charge < -0.3 is 15.8 Å². The van der Waals surface area contributed by atoms with Crippen molar-refractivity contribution in [2.24, 2.45) is 5.73 Å². The topological polar surface area (TPSA) is 64.3 Å². The van der Waals surface area contributed by atoms with E-state index in [1.165, 1.54) is 12.1 Å². The lowest BCUT2D eigenvalue weighted by atomic mass is 10.1. The van der Waals surface area contributed by atoms with E-state index in [9.17, 15) is 9.18 Å². The fraction of sp³-hybridized carbons (Fsp3) is 0.417. The quantitative estimate of drug-likeness (QED) is 0.824. The van der Waals surface area contributed by atoms with Gasteiger partial charge in [0, 0.05) is 18.8 Å². The van der Waals surface area contributed by atoms with Crippen LogP contribution in [0, 0.1) is 5.82 Å². The molecule has 3 N–H and O–H groups in total. The summed E-state index contributed by atoms with van der Waals surface area (Å²) in [6.45, 7) is 3.84. The highest BCUT2D eigenvalue weighted by atomic mass is 19.1. The van der Waals surface area contributed by atoms with Gasteiger partial charge in [-0.25, -0.2) is 4.39 Å². The summed E-state index contributed by atoms with van der Waals surface area (Å²) in [5, 5.41) is 3.12. The minimum atomic E-state index is -0.779. The average Bonchev–Trinajstić information content (AvgIpc) is 2.30. The van der Waals surface area contributed by atoms with Crippen LogP contribution >= 0.6 is 0 Å². The second-order valence-electron chi connectivity index (χ2n) is 3.93. The molecule has 5 heteroatoms. The molecule has 1 aromatic rings. The highest BCUT2D eigenvalue weighted by Gasteiger charge is 2.13. The standard InChI is InChI=1S/C12H17FN2O2/c1-7(8(2)17-3)15-9-4-5-11(13)10(6-9)12(14)16/h4-8,15H,1-3H3,(H2,14,16). The lowest BCUT2D eigenvalue weighted by Gasteiger charge is -2.21. The number of ether oxygens (including phenoxy) is 1. The monoisotopic (exact) mass is 240 g/mol. The van der Waals surface area contributed by atoms with Crippen LogP contribution in [0.15, 0.2) is 18.2 Å². The fourth-order valence-electron chi connectivity index (χ4n) is 1.39. The van der Waals surface area contributed by atoms with Crippen LogP contribution in [0.1, 0.15) is 24.2 Å². The van der Waals surface area contributed by atoms with Crippen LogP contribution in [-0.4, -0.2) is 25.2 Å². The molecule has 0 fully saturated rings. The van der Waals surface area contributed by atoms with Crippen LogP contribution in [0.5, 0.6) is 0 Å². The van der Waals surface area contributed by atoms with Crippen molar-refractivity contribution in [1.29, 1.82) is 0 Å². The summed E-state index contributed by atoms with van der Waals surface area (Å²) in [7, 11) is 1.61. The molecule has 2 unspecified atom stereocenters. The van der Waals surface area contributed by atoms with Crippen molar-refractivity contribution < 1.29 is 13.9 Å². The number of carbonyl (C=O) groups is 1. The Bertz CT molecular complexity index is 409. The number of nitrogens with one attached hydrogen (secondary N) is 1. The largest absolute Gasteiger partial charge is 0.380 e. The molecule has 0 spiro atoms. The maximum atomic E-state index is 13.2. The third kappa shape index (κ3) is 3.42. The Kier molecular flexibility index (Phi) is 4.45. The minimum absolute atomic E-state index is 0.00270. The molecular weight excluding hydrogens is 223 g/mol. The van der Waals surface area contributed by atoms with Crippen LogP contribution in [0.3, 0.4) is 0 Å². The minimum Gasteiger partial charge on any atom is -0.380 e. The predicted molar refractivity (Wildman–Crippen MR) is 64.5 cm³/mol. The number of benzene rings is 1. The maximum absolute atomic E-state index is 13.2. The summed E-state index contributed by atoms with van der Waals surface area (Å²) in [5.74, 6) is -1.39. The van der Waals surface area contributed by atoms with Crippen LogP contribution in [0.25, 0.3) is 0 Å². The normalized spacial score (nSPS) is 14.1. The molecular formula is C12H17FN2O2. The lowest BCUT2D eigenvalue weighted by molar-refractivity contribution is 0.0996. The number of hydrogen-bond donors (Lipinski definition) is 2. The number of methoxy groups -OCH3 is 1. The van der Waals surface area contributed by atoms with E-state index in [1.807, 2.05) is 13.8 Å². The summed E-state index contributed by atoms with van der Waals surface area (Å²) in [6, 6.07) is 4.20. The summed E-state index contributed by atoms with van der Waals surface area (Å²) >= 11 is 0. The van der Waals surface area contributed by atoms with Gasteiger partial charge in [0.1, 0.15) is 5.82 Å². The Hall–Kier alpha value is -1.62. The predicted octanol–water partition coefficient (Wildman–Crippen LogP) is 1.76. The number of primary amides is 1. The second kappa shape index (κ2) is 5.63. The van der Waals surface area contributed by atoms with E-state index in [-0.39, 0.29) is 17.7 Å². The molecule has 0 radical (unpaired) electrons. The Balaban J connectivity index is 2.86. The Morgan fingerprint density at radius 2 is 2.12 bits per heavy atom. The van der Waals surface area contributed by atoms with Gasteiger partial charge >= 0.3 is 0 Å². The van der Waals surface area contributed by atoms with Gasteiger partial charge in [0.05, 0.1) is 11.7 Å². The molecule has 1 rings (SSSR count). The maximum Gasteiger partial charge on any atom is 0.251 e. The van der Waals surface area contributed by atoms with E-state index < -0.39 is 11.7 Å². The second-order valence-corrected chi connectivity index (χ2v) is 3.93. The smallest absolute Gasteiger partial charge is 0.251 e. The SMILES string of the molecule is COC(C)C(C)Nc1ccc(F)c(C(N)=O)c1. The van der Waals surface area contributed by atoms with Crippen molar-refractivity contribution in [1.82, 2.24) is 0 Å². The summed E-state index contributed by atoms with van der Waals surface area (Å²) in [4.78, 5) is 11.0. The van der Waals surface area contributed by atoms with Crippen molar-refractivity contribution in [3.05, 3.63) is 29.6 Å². The summed E-state index contributed by atoms with van der Waals surface area (Å²) in [5.41, 5.74) is 5.59. The highest BCUT2D eigenvalue weighted by molar-refractivity contribution is 5.94. The van der Waals surface area contributed by atoms with Crippen molar-refractivity contribution in [3.63, 3.8) is 0 Å². The molecule has 0 aliphatic heterocycles. The molecule has 2 atom stereocenters. The van der Waals surface area contributed by atoms with E-state index in [0.29, 0.717) is 5.69 Å². The van der Waals surface area contributed by atoms with Gasteiger partial charge in [0.2, 0.25) is 0 Å². The molecule has 0 heterocycles. The zero-order chi connectivity index (χ0) is 13.0. The number of carbonyl (C=O) groups excluding carboxylic acids is 1. The van der Waals surface area contributed by atoms with E-state index >= 15 is 0 Å². The van der Waals surface area contributed by atoms with E-state index in [1.54, 1.807) is 13.2 Å². The van der Waals surface area contributed by atoms with Crippen LogP contribution < -0.4 is 11.1 Å². The van der Waals surface area contributed by atoms with Crippen molar-refractivity contribution in [2.75, 3.05) is 12.4 Å². The average molecular weight is 240 g/mol. The molecule has 0 aliphatic rings. The molecule has 0 saturated heterocycles. The van der Waals surface area contributed by atoms with Crippen LogP contribution in [0.2, 0.25) is 0 Å². The van der Waals surface area contributed by atoms with Gasteiger partial charge in [-0.3, -0.25) is 4.79 Å². The highest BCUT2D eigenvalue weighted by Crippen LogP contribution is 2.16. The van der Waals surface area contributed by atoms with Gasteiger partial charge in [-0.2, -0.15) is 0 Å². The van der Waals surface area contributed by atoms with Crippen LogP contribution in [-0.2, 0) is 4.74 Å². The van der Waals surface area contributed by atoms with Crippen LogP contribution in [0.4, 0.5) is 10.1 Å². The lowest BCUT2D eigenvalue weighted by Crippen LogP contribution is -2.29. The molecule has 0 saturated carbocycles. The van der Waals surface area contributed by atoms with Gasteiger partial charge in [0.25, 0.3) is 5.91 Å². The van der Waals surface area contributed by atoms with E-state index in [0.717, 1.165) is 0 Å². The first-order chi connectivity index (χ1) is 7.95. The summed E-state index contributed by atoms with van der Waals surface area (Å²) < 4.78 is 18.4. The molecule has 4 nitrogen and oxygen atoms in total. The third-order valence-corrected chi connectivity index (χ3v) is 2.70. The molecule has 0 aliphatic carbocycles. The number of rotatable bonds is 5. The van der Waals surface area contributed by atoms with E-state index in [2.05, 4.69) is 5.32 Å². The molecule has 17 heavy (non-hydrogen) atoms. The molecule has 0 bridgehead atoms. The van der Waals surface area contributed by atoms with Crippen molar-refractivity contribution >= 4 is 11.6 Å². The first kappa shape index (κ1) is 13.4. The first-order valence-corrected chi connectivity index (χ1v) is 5.34. The van der Waals surface area contributed by atoms with Gasteiger partial charge in [-0.05, 0) is 32.0 Å². The first-order valence-electron chi connectivity index (χ1n) is 5.34. The van der Waals surface area contributed by atoms with Gasteiger partial charge in [0.15, 0.2) is 0 Å². The van der Waals surface area contributed by atoms with E-state index in [4.69, 9.17) is 10.5 Å². The number of anilines is 1. The third-order valence-electron chi connectivity index (χ3n) is 2.70. The molecule has 1 amide bonds. The van der Waals surface area contributed by atoms with Crippen molar-refractivity contribution in [2.45, 2.75) is 26.0 Å². The van der Waals surface area contributed by atoms with Crippen molar-refractivity contribution in [3.8, 4) is 0 Å². The summed E-state index contributed by atoms with van der Waals surface area (Å²) in [6.07, 6.45) is -0.00270. The zero-order valence-electron chi connectivity index (χ0n) is 10.2.